The molecule has 1 aliphatic heterocycles. The predicted octanol–water partition coefficient (Wildman–Crippen LogP) is 2.16. The Bertz CT molecular complexity index is 561. The first-order valence-corrected chi connectivity index (χ1v) is 6.81. The van der Waals surface area contributed by atoms with Crippen LogP contribution < -0.4 is 4.74 Å². The topological polar surface area (TPSA) is 66.8 Å². The maximum absolute atomic E-state index is 13.7. The van der Waals surface area contributed by atoms with Crippen LogP contribution >= 0.6 is 0 Å². The Balaban J connectivity index is 2.25. The molecule has 5 nitrogen and oxygen atoms in total. The zero-order valence-corrected chi connectivity index (χ0v) is 12.0. The highest BCUT2D eigenvalue weighted by atomic mass is 19.1. The van der Waals surface area contributed by atoms with Crippen LogP contribution in [0.3, 0.4) is 0 Å². The Labute approximate surface area is 122 Å². The third-order valence-corrected chi connectivity index (χ3v) is 3.81. The number of hydrogen-bond acceptors (Lipinski definition) is 3. The van der Waals surface area contributed by atoms with Gasteiger partial charge in [-0.1, -0.05) is 6.92 Å². The van der Waals surface area contributed by atoms with Crippen LogP contribution in [0.4, 0.5) is 4.39 Å². The highest BCUT2D eigenvalue weighted by Gasteiger charge is 2.35. The van der Waals surface area contributed by atoms with Gasteiger partial charge in [0.25, 0.3) is 5.91 Å². The molecule has 0 saturated carbocycles. The molecule has 2 unspecified atom stereocenters. The van der Waals surface area contributed by atoms with E-state index in [-0.39, 0.29) is 17.2 Å². The molecule has 0 aromatic heterocycles. The number of carboxylic acids is 1. The number of carboxylic acid groups (broad SMARTS) is 1. The fourth-order valence-electron chi connectivity index (χ4n) is 2.58. The van der Waals surface area contributed by atoms with E-state index in [1.54, 1.807) is 0 Å². The first-order chi connectivity index (χ1) is 9.93. The van der Waals surface area contributed by atoms with Crippen molar-refractivity contribution in [2.45, 2.75) is 25.8 Å². The largest absolute Gasteiger partial charge is 0.494 e. The van der Waals surface area contributed by atoms with E-state index in [0.29, 0.717) is 13.0 Å². The van der Waals surface area contributed by atoms with Crippen LogP contribution in [0.15, 0.2) is 18.2 Å². The SMILES string of the molecule is COc1ccc(C(=O)N2CCC(C)CC2C(=O)O)cc1F. The molecule has 1 heterocycles. The molecule has 0 spiro atoms. The van der Waals surface area contributed by atoms with E-state index in [2.05, 4.69) is 0 Å². The van der Waals surface area contributed by atoms with Crippen LogP contribution in [0.2, 0.25) is 0 Å². The monoisotopic (exact) mass is 295 g/mol. The number of carbonyl (C=O) groups is 2. The molecule has 21 heavy (non-hydrogen) atoms. The van der Waals surface area contributed by atoms with Crippen molar-refractivity contribution in [1.29, 1.82) is 0 Å². The number of nitrogens with zero attached hydrogens (tertiary/aromatic N) is 1. The average molecular weight is 295 g/mol. The Morgan fingerprint density at radius 1 is 1.43 bits per heavy atom. The van der Waals surface area contributed by atoms with Crippen LogP contribution in [0, 0.1) is 11.7 Å². The molecule has 1 aromatic carbocycles. The molecular weight excluding hydrogens is 277 g/mol. The van der Waals surface area contributed by atoms with Crippen LogP contribution in [0.1, 0.15) is 30.1 Å². The average Bonchev–Trinajstić information content (AvgIpc) is 2.46. The summed E-state index contributed by atoms with van der Waals surface area (Å²) in [6.07, 6.45) is 1.16. The second kappa shape index (κ2) is 6.11. The van der Waals surface area contributed by atoms with Crippen molar-refractivity contribution in [3.05, 3.63) is 29.6 Å². The number of carbonyl (C=O) groups excluding carboxylic acids is 1. The third kappa shape index (κ3) is 3.15. The van der Waals surface area contributed by atoms with E-state index in [9.17, 15) is 19.1 Å². The number of aliphatic carboxylic acids is 1. The number of methoxy groups -OCH3 is 1. The van der Waals surface area contributed by atoms with Gasteiger partial charge in [-0.3, -0.25) is 4.79 Å². The quantitative estimate of drug-likeness (QED) is 0.928. The summed E-state index contributed by atoms with van der Waals surface area (Å²) in [7, 11) is 1.34. The van der Waals surface area contributed by atoms with Crippen LogP contribution in [-0.4, -0.2) is 41.6 Å². The molecule has 0 aliphatic carbocycles. The zero-order chi connectivity index (χ0) is 15.6. The lowest BCUT2D eigenvalue weighted by Gasteiger charge is -2.36. The second-order valence-electron chi connectivity index (χ2n) is 5.33. The fraction of sp³-hybridized carbons (Fsp3) is 0.467. The Morgan fingerprint density at radius 3 is 2.71 bits per heavy atom. The van der Waals surface area contributed by atoms with E-state index < -0.39 is 23.7 Å². The summed E-state index contributed by atoms with van der Waals surface area (Å²) in [6, 6.07) is 3.04. The summed E-state index contributed by atoms with van der Waals surface area (Å²) in [6.45, 7) is 2.33. The van der Waals surface area contributed by atoms with Gasteiger partial charge in [-0.25, -0.2) is 9.18 Å². The van der Waals surface area contributed by atoms with Gasteiger partial charge in [0.2, 0.25) is 0 Å². The Kier molecular flexibility index (Phi) is 4.45. The number of hydrogen-bond donors (Lipinski definition) is 1. The Hall–Kier alpha value is -2.11. The van der Waals surface area contributed by atoms with Crippen molar-refractivity contribution >= 4 is 11.9 Å². The standard InChI is InChI=1S/C15H18FNO4/c1-9-5-6-17(12(7-9)15(19)20)14(18)10-3-4-13(21-2)11(16)8-10/h3-4,8-9,12H,5-7H2,1-2H3,(H,19,20). The molecule has 1 N–H and O–H groups in total. The maximum atomic E-state index is 13.7. The third-order valence-electron chi connectivity index (χ3n) is 3.81. The van der Waals surface area contributed by atoms with Crippen molar-refractivity contribution in [3.8, 4) is 5.75 Å². The van der Waals surface area contributed by atoms with Crippen molar-refractivity contribution < 1.29 is 23.8 Å². The van der Waals surface area contributed by atoms with Crippen LogP contribution in [-0.2, 0) is 4.79 Å². The van der Waals surface area contributed by atoms with Crippen molar-refractivity contribution in [2.24, 2.45) is 5.92 Å². The maximum Gasteiger partial charge on any atom is 0.326 e. The van der Waals surface area contributed by atoms with E-state index >= 15 is 0 Å². The minimum atomic E-state index is -1.02. The fourth-order valence-corrected chi connectivity index (χ4v) is 2.58. The Morgan fingerprint density at radius 2 is 2.14 bits per heavy atom. The zero-order valence-electron chi connectivity index (χ0n) is 12.0. The lowest BCUT2D eigenvalue weighted by Crippen LogP contribution is -2.49. The molecule has 1 fully saturated rings. The number of piperidine rings is 1. The number of amides is 1. The summed E-state index contributed by atoms with van der Waals surface area (Å²) >= 11 is 0. The molecular formula is C15H18FNO4. The first kappa shape index (κ1) is 15.3. The van der Waals surface area contributed by atoms with Gasteiger partial charge < -0.3 is 14.7 Å². The predicted molar refractivity (Wildman–Crippen MR) is 73.8 cm³/mol. The summed E-state index contributed by atoms with van der Waals surface area (Å²) in [5.74, 6) is -1.82. The van der Waals surface area contributed by atoms with Crippen molar-refractivity contribution in [1.82, 2.24) is 4.90 Å². The molecule has 6 heteroatoms. The van der Waals surface area contributed by atoms with E-state index in [1.807, 2.05) is 6.92 Å². The number of benzene rings is 1. The second-order valence-corrected chi connectivity index (χ2v) is 5.33. The summed E-state index contributed by atoms with van der Waals surface area (Å²) in [4.78, 5) is 25.1. The molecule has 0 bridgehead atoms. The number of halogens is 1. The number of likely N-dealkylation sites (tertiary alicyclic amines) is 1. The molecule has 1 aromatic rings. The van der Waals surface area contributed by atoms with Crippen LogP contribution in [0.25, 0.3) is 0 Å². The van der Waals surface area contributed by atoms with Gasteiger partial charge in [0.15, 0.2) is 11.6 Å². The van der Waals surface area contributed by atoms with Gasteiger partial charge in [0.1, 0.15) is 6.04 Å². The lowest BCUT2D eigenvalue weighted by molar-refractivity contribution is -0.144. The lowest BCUT2D eigenvalue weighted by atomic mass is 9.92. The van der Waals surface area contributed by atoms with Gasteiger partial charge in [-0.2, -0.15) is 0 Å². The molecule has 114 valence electrons. The van der Waals surface area contributed by atoms with Gasteiger partial charge in [-0.15, -0.1) is 0 Å². The first-order valence-electron chi connectivity index (χ1n) is 6.81. The highest BCUT2D eigenvalue weighted by Crippen LogP contribution is 2.26. The minimum absolute atomic E-state index is 0.0496. The van der Waals surface area contributed by atoms with E-state index in [1.165, 1.54) is 24.1 Å². The smallest absolute Gasteiger partial charge is 0.326 e. The van der Waals surface area contributed by atoms with Crippen LogP contribution in [0.5, 0.6) is 5.75 Å². The molecule has 0 radical (unpaired) electrons. The van der Waals surface area contributed by atoms with Crippen molar-refractivity contribution in [3.63, 3.8) is 0 Å². The number of ether oxygens (including phenoxy) is 1. The van der Waals surface area contributed by atoms with E-state index in [4.69, 9.17) is 4.74 Å². The summed E-state index contributed by atoms with van der Waals surface area (Å²) < 4.78 is 18.5. The minimum Gasteiger partial charge on any atom is -0.494 e. The number of rotatable bonds is 3. The molecule has 1 saturated heterocycles. The summed E-state index contributed by atoms with van der Waals surface area (Å²) in [5, 5.41) is 9.27. The normalized spacial score (nSPS) is 22.0. The molecule has 1 amide bonds. The van der Waals surface area contributed by atoms with Gasteiger partial charge in [-0.05, 0) is 37.0 Å². The van der Waals surface area contributed by atoms with Crippen molar-refractivity contribution in [2.75, 3.05) is 13.7 Å². The van der Waals surface area contributed by atoms with Gasteiger partial charge >= 0.3 is 5.97 Å². The van der Waals surface area contributed by atoms with E-state index in [0.717, 1.165) is 12.5 Å². The van der Waals surface area contributed by atoms with Gasteiger partial charge in [0, 0.05) is 12.1 Å². The molecule has 1 aliphatic rings. The van der Waals surface area contributed by atoms with Gasteiger partial charge in [0.05, 0.1) is 7.11 Å². The molecule has 2 atom stereocenters. The highest BCUT2D eigenvalue weighted by molar-refractivity contribution is 5.96. The molecule has 2 rings (SSSR count). The summed E-state index contributed by atoms with van der Waals surface area (Å²) in [5.41, 5.74) is 0.133.